The number of hydrogen-bond donors (Lipinski definition) is 2. The third-order valence-electron chi connectivity index (χ3n) is 2.99. The van der Waals surface area contributed by atoms with Crippen molar-refractivity contribution in [1.82, 2.24) is 4.98 Å². The third-order valence-corrected chi connectivity index (χ3v) is 2.99. The number of nitrogens with zero attached hydrogens (tertiary/aromatic N) is 1. The van der Waals surface area contributed by atoms with E-state index in [1.54, 1.807) is 6.07 Å². The molecule has 0 bridgehead atoms. The van der Waals surface area contributed by atoms with Crippen LogP contribution in [0.1, 0.15) is 27.2 Å². The zero-order chi connectivity index (χ0) is 13.8. The Morgan fingerprint density at radius 1 is 1.26 bits per heavy atom. The second-order valence-corrected chi connectivity index (χ2v) is 4.46. The fourth-order valence-corrected chi connectivity index (χ4v) is 1.98. The number of aromatic nitrogens is 1. The molecule has 1 aromatic heterocycles. The van der Waals surface area contributed by atoms with Gasteiger partial charge in [0, 0.05) is 11.9 Å². The molecule has 0 spiro atoms. The minimum absolute atomic E-state index is 0.258. The summed E-state index contributed by atoms with van der Waals surface area (Å²) < 4.78 is 0. The quantitative estimate of drug-likeness (QED) is 0.882. The van der Waals surface area contributed by atoms with Crippen molar-refractivity contribution in [2.75, 3.05) is 5.32 Å². The topological polar surface area (TPSA) is 62.2 Å². The van der Waals surface area contributed by atoms with E-state index in [0.717, 1.165) is 16.8 Å². The lowest BCUT2D eigenvalue weighted by molar-refractivity contribution is 0.0696. The molecule has 1 heterocycles. The van der Waals surface area contributed by atoms with E-state index in [0.29, 0.717) is 12.2 Å². The molecule has 4 heteroatoms. The van der Waals surface area contributed by atoms with Gasteiger partial charge in [-0.3, -0.25) is 4.98 Å². The van der Waals surface area contributed by atoms with Crippen molar-refractivity contribution in [3.63, 3.8) is 0 Å². The first-order chi connectivity index (χ1) is 9.08. The van der Waals surface area contributed by atoms with Gasteiger partial charge >= 0.3 is 5.97 Å². The van der Waals surface area contributed by atoms with Crippen molar-refractivity contribution in [2.45, 2.75) is 20.4 Å². The fraction of sp³-hybridized carbons (Fsp3) is 0.200. The van der Waals surface area contributed by atoms with Crippen molar-refractivity contribution in [3.8, 4) is 0 Å². The molecule has 19 heavy (non-hydrogen) atoms. The summed E-state index contributed by atoms with van der Waals surface area (Å²) in [5.41, 5.74) is 4.37. The lowest BCUT2D eigenvalue weighted by Crippen LogP contribution is -2.06. The number of rotatable bonds is 4. The molecule has 0 saturated heterocycles. The highest BCUT2D eigenvalue weighted by Gasteiger charge is 2.05. The maximum absolute atomic E-state index is 10.9. The van der Waals surface area contributed by atoms with Gasteiger partial charge in [0.25, 0.3) is 0 Å². The molecule has 0 unspecified atom stereocenters. The first kappa shape index (κ1) is 13.1. The number of benzene rings is 1. The lowest BCUT2D eigenvalue weighted by atomic mass is 10.1. The Kier molecular flexibility index (Phi) is 3.80. The van der Waals surface area contributed by atoms with Crippen molar-refractivity contribution in [1.29, 1.82) is 0 Å². The highest BCUT2D eigenvalue weighted by atomic mass is 16.4. The maximum Gasteiger partial charge on any atom is 0.335 e. The van der Waals surface area contributed by atoms with Crippen LogP contribution in [-0.2, 0) is 6.54 Å². The van der Waals surface area contributed by atoms with Gasteiger partial charge in [0.1, 0.15) is 0 Å². The molecule has 0 fully saturated rings. The highest BCUT2D eigenvalue weighted by molar-refractivity contribution is 5.87. The van der Waals surface area contributed by atoms with Crippen molar-refractivity contribution in [3.05, 3.63) is 58.9 Å². The molecule has 1 aromatic carbocycles. The van der Waals surface area contributed by atoms with Gasteiger partial charge in [0.15, 0.2) is 0 Å². The lowest BCUT2D eigenvalue weighted by Gasteiger charge is -2.12. The normalized spacial score (nSPS) is 10.2. The van der Waals surface area contributed by atoms with Crippen LogP contribution in [0.4, 0.5) is 5.69 Å². The highest BCUT2D eigenvalue weighted by Crippen LogP contribution is 2.20. The van der Waals surface area contributed by atoms with Crippen LogP contribution in [0.2, 0.25) is 0 Å². The zero-order valence-electron chi connectivity index (χ0n) is 11.0. The van der Waals surface area contributed by atoms with Gasteiger partial charge in [0.05, 0.1) is 17.8 Å². The number of hydrogen-bond acceptors (Lipinski definition) is 3. The van der Waals surface area contributed by atoms with E-state index >= 15 is 0 Å². The summed E-state index contributed by atoms with van der Waals surface area (Å²) in [6.07, 6.45) is 1.52. The molecule has 0 amide bonds. The van der Waals surface area contributed by atoms with Crippen LogP contribution in [0.3, 0.4) is 0 Å². The Morgan fingerprint density at radius 2 is 1.95 bits per heavy atom. The number of aryl methyl sites for hydroxylation is 2. The van der Waals surface area contributed by atoms with Crippen molar-refractivity contribution < 1.29 is 9.90 Å². The smallest absolute Gasteiger partial charge is 0.335 e. The molecule has 2 aromatic rings. The van der Waals surface area contributed by atoms with Gasteiger partial charge in [-0.1, -0.05) is 18.2 Å². The van der Waals surface area contributed by atoms with Crippen LogP contribution >= 0.6 is 0 Å². The largest absolute Gasteiger partial charge is 0.478 e. The molecular weight excluding hydrogens is 240 g/mol. The number of pyridine rings is 1. The van der Waals surface area contributed by atoms with Crippen LogP contribution in [0.25, 0.3) is 0 Å². The summed E-state index contributed by atoms with van der Waals surface area (Å²) in [6.45, 7) is 4.58. The van der Waals surface area contributed by atoms with Gasteiger partial charge in [-0.2, -0.15) is 0 Å². The number of aromatic carboxylic acids is 1. The molecule has 2 N–H and O–H groups in total. The first-order valence-electron chi connectivity index (χ1n) is 6.06. The van der Waals surface area contributed by atoms with Gasteiger partial charge in [0.2, 0.25) is 0 Å². The molecule has 0 radical (unpaired) electrons. The number of carboxylic acids is 1. The van der Waals surface area contributed by atoms with E-state index in [1.807, 2.05) is 32.0 Å². The van der Waals surface area contributed by atoms with Crippen LogP contribution in [0.15, 0.2) is 36.5 Å². The van der Waals surface area contributed by atoms with Crippen LogP contribution in [0, 0.1) is 13.8 Å². The van der Waals surface area contributed by atoms with Gasteiger partial charge < -0.3 is 10.4 Å². The predicted molar refractivity (Wildman–Crippen MR) is 74.4 cm³/mol. The molecule has 0 aliphatic carbocycles. The second kappa shape index (κ2) is 5.52. The molecule has 0 aliphatic rings. The summed E-state index contributed by atoms with van der Waals surface area (Å²) in [4.78, 5) is 15.1. The number of carbonyl (C=O) groups is 1. The maximum atomic E-state index is 10.9. The van der Waals surface area contributed by atoms with Crippen molar-refractivity contribution in [2.24, 2.45) is 0 Å². The molecule has 4 nitrogen and oxygen atoms in total. The van der Waals surface area contributed by atoms with Crippen LogP contribution < -0.4 is 5.32 Å². The summed E-state index contributed by atoms with van der Waals surface area (Å²) >= 11 is 0. The number of anilines is 1. The Morgan fingerprint density at radius 3 is 2.58 bits per heavy atom. The molecule has 2 rings (SSSR count). The molecule has 0 atom stereocenters. The fourth-order valence-electron chi connectivity index (χ4n) is 1.98. The molecule has 98 valence electrons. The van der Waals surface area contributed by atoms with E-state index in [1.165, 1.54) is 12.3 Å². The Hall–Kier alpha value is -2.36. The predicted octanol–water partition coefficient (Wildman–Crippen LogP) is 3.01. The molecular formula is C15H16N2O2. The first-order valence-corrected chi connectivity index (χ1v) is 6.06. The van der Waals surface area contributed by atoms with E-state index in [2.05, 4.69) is 10.3 Å². The average molecular weight is 256 g/mol. The van der Waals surface area contributed by atoms with Gasteiger partial charge in [-0.25, -0.2) is 4.79 Å². The van der Waals surface area contributed by atoms with E-state index in [4.69, 9.17) is 5.11 Å². The molecule has 0 aliphatic heterocycles. The monoisotopic (exact) mass is 256 g/mol. The standard InChI is InChI=1S/C15H16N2O2/c1-10-4-3-5-11(2)14(10)17-9-13-8-12(15(18)19)6-7-16-13/h3-8,17H,9H2,1-2H3,(H,18,19). The summed E-state index contributed by atoms with van der Waals surface area (Å²) in [5, 5.41) is 12.2. The van der Waals surface area contributed by atoms with Crippen LogP contribution in [0.5, 0.6) is 0 Å². The van der Waals surface area contributed by atoms with E-state index in [-0.39, 0.29) is 5.56 Å². The SMILES string of the molecule is Cc1cccc(C)c1NCc1cc(C(=O)O)ccn1. The minimum Gasteiger partial charge on any atom is -0.478 e. The Bertz CT molecular complexity index is 589. The molecule has 0 saturated carbocycles. The zero-order valence-corrected chi connectivity index (χ0v) is 11.0. The van der Waals surface area contributed by atoms with E-state index < -0.39 is 5.97 Å². The average Bonchev–Trinajstić information content (AvgIpc) is 2.38. The summed E-state index contributed by atoms with van der Waals surface area (Å²) in [7, 11) is 0. The third kappa shape index (κ3) is 3.10. The number of para-hydroxylation sites is 1. The van der Waals surface area contributed by atoms with Gasteiger partial charge in [-0.15, -0.1) is 0 Å². The second-order valence-electron chi connectivity index (χ2n) is 4.46. The van der Waals surface area contributed by atoms with Crippen LogP contribution in [-0.4, -0.2) is 16.1 Å². The Labute approximate surface area is 112 Å². The summed E-state index contributed by atoms with van der Waals surface area (Å²) in [6, 6.07) is 9.17. The van der Waals surface area contributed by atoms with Crippen molar-refractivity contribution >= 4 is 11.7 Å². The minimum atomic E-state index is -0.935. The summed E-state index contributed by atoms with van der Waals surface area (Å²) in [5.74, 6) is -0.935. The van der Waals surface area contributed by atoms with E-state index in [9.17, 15) is 4.79 Å². The number of carboxylic acid groups (broad SMARTS) is 1. The van der Waals surface area contributed by atoms with Gasteiger partial charge in [-0.05, 0) is 37.1 Å². The Balaban J connectivity index is 2.15. The number of nitrogens with one attached hydrogen (secondary N) is 1.